The predicted octanol–water partition coefficient (Wildman–Crippen LogP) is 8.46. The van der Waals surface area contributed by atoms with Gasteiger partial charge in [0.25, 0.3) is 0 Å². The summed E-state index contributed by atoms with van der Waals surface area (Å²) >= 11 is 3.89. The number of nitrogens with zero attached hydrogens (tertiary/aromatic N) is 2. The van der Waals surface area contributed by atoms with Gasteiger partial charge in [-0.1, -0.05) is 48.5 Å². The molecule has 1 aromatic heterocycles. The lowest BCUT2D eigenvalue weighted by Gasteiger charge is -2.27. The van der Waals surface area contributed by atoms with Gasteiger partial charge >= 0.3 is 6.09 Å². The number of likely N-dealkylation sites (tertiary alicyclic amines) is 1. The van der Waals surface area contributed by atoms with E-state index in [0.29, 0.717) is 6.54 Å². The Labute approximate surface area is 232 Å². The second-order valence-electron chi connectivity index (χ2n) is 11.3. The van der Waals surface area contributed by atoms with Crippen molar-refractivity contribution < 1.29 is 9.53 Å². The van der Waals surface area contributed by atoms with Crippen LogP contribution in [0.1, 0.15) is 62.2 Å². The summed E-state index contributed by atoms with van der Waals surface area (Å²) in [4.78, 5) is 23.0. The number of carbonyl (C=O) groups excluding carboxylic acids is 1. The Hall–Kier alpha value is -3.38. The third kappa shape index (κ3) is 4.35. The second kappa shape index (κ2) is 9.42. The van der Waals surface area contributed by atoms with Gasteiger partial charge < -0.3 is 9.72 Å². The second-order valence-corrected chi connectivity index (χ2v) is 12.1. The number of benzene rings is 3. The summed E-state index contributed by atoms with van der Waals surface area (Å²) in [5.74, 6) is 0.808. The molecule has 0 bridgehead atoms. The van der Waals surface area contributed by atoms with Crippen LogP contribution in [-0.2, 0) is 11.2 Å². The van der Waals surface area contributed by atoms with Gasteiger partial charge in [0.05, 0.1) is 17.9 Å². The number of H-pyrrole nitrogens is 1. The van der Waals surface area contributed by atoms with E-state index < -0.39 is 5.60 Å². The van der Waals surface area contributed by atoms with Crippen molar-refractivity contribution in [3.05, 3.63) is 87.8 Å². The van der Waals surface area contributed by atoms with E-state index in [9.17, 15) is 4.79 Å². The predicted molar refractivity (Wildman–Crippen MR) is 155 cm³/mol. The maximum absolute atomic E-state index is 12.9. The minimum atomic E-state index is -0.528. The SMILES string of the molecule is Cc1cc(-c2ccccc2-c2cnc(C3CCCN3C(=O)OC(C)(C)C)[nH]2)c2c(c1Br)-c1ccccc1C2. The molecule has 6 heteroatoms. The van der Waals surface area contributed by atoms with E-state index in [4.69, 9.17) is 9.72 Å². The molecule has 1 fully saturated rings. The minimum Gasteiger partial charge on any atom is -0.444 e. The molecule has 0 spiro atoms. The van der Waals surface area contributed by atoms with Crippen LogP contribution in [0, 0.1) is 6.92 Å². The summed E-state index contributed by atoms with van der Waals surface area (Å²) in [6.07, 6.45) is 4.33. The Morgan fingerprint density at radius 1 is 1.05 bits per heavy atom. The lowest BCUT2D eigenvalue weighted by Crippen LogP contribution is -2.36. The zero-order chi connectivity index (χ0) is 26.6. The first-order valence-electron chi connectivity index (χ1n) is 13.3. The highest BCUT2D eigenvalue weighted by Crippen LogP contribution is 2.48. The standard InChI is InChI=1S/C32H32BrN3O2/c1-19-16-24(25-17-20-10-5-6-11-21(20)28(25)29(19)33)22-12-7-8-13-23(22)26-18-34-30(35-26)27-14-9-15-36(27)31(37)38-32(2,3)4/h5-8,10-13,16,18,27H,9,14-15,17H2,1-4H3,(H,34,35). The van der Waals surface area contributed by atoms with Crippen molar-refractivity contribution in [1.29, 1.82) is 0 Å². The summed E-state index contributed by atoms with van der Waals surface area (Å²) in [5.41, 5.74) is 10.5. The fourth-order valence-electron chi connectivity index (χ4n) is 5.83. The number of hydrogen-bond acceptors (Lipinski definition) is 3. The molecule has 38 heavy (non-hydrogen) atoms. The monoisotopic (exact) mass is 569 g/mol. The fraction of sp³-hybridized carbons (Fsp3) is 0.312. The largest absolute Gasteiger partial charge is 0.444 e. The molecule has 4 aromatic rings. The van der Waals surface area contributed by atoms with Gasteiger partial charge in [-0.3, -0.25) is 4.90 Å². The van der Waals surface area contributed by atoms with Gasteiger partial charge in [0.1, 0.15) is 11.4 Å². The van der Waals surface area contributed by atoms with E-state index in [2.05, 4.69) is 82.4 Å². The smallest absolute Gasteiger partial charge is 0.410 e. The van der Waals surface area contributed by atoms with Crippen LogP contribution in [0.3, 0.4) is 0 Å². The number of hydrogen-bond donors (Lipinski definition) is 1. The first-order chi connectivity index (χ1) is 18.2. The van der Waals surface area contributed by atoms with E-state index in [1.54, 1.807) is 0 Å². The molecule has 1 aliphatic heterocycles. The summed E-state index contributed by atoms with van der Waals surface area (Å²) in [7, 11) is 0. The highest BCUT2D eigenvalue weighted by atomic mass is 79.9. The van der Waals surface area contributed by atoms with Crippen molar-refractivity contribution in [2.24, 2.45) is 0 Å². The van der Waals surface area contributed by atoms with Crippen LogP contribution in [0.4, 0.5) is 4.79 Å². The Kier molecular flexibility index (Phi) is 6.18. The van der Waals surface area contributed by atoms with Gasteiger partial charge in [0.2, 0.25) is 0 Å². The number of rotatable bonds is 3. The number of halogens is 1. The Balaban J connectivity index is 1.39. The number of imidazole rings is 1. The molecule has 194 valence electrons. The van der Waals surface area contributed by atoms with E-state index >= 15 is 0 Å². The fourth-order valence-corrected chi connectivity index (χ4v) is 6.40. The quantitative estimate of drug-likeness (QED) is 0.237. The molecule has 1 unspecified atom stereocenters. The van der Waals surface area contributed by atoms with Gasteiger partial charge in [0.15, 0.2) is 0 Å². The molecule has 1 amide bonds. The Morgan fingerprint density at radius 2 is 1.76 bits per heavy atom. The average molecular weight is 571 g/mol. The number of fused-ring (bicyclic) bond motifs is 3. The van der Waals surface area contributed by atoms with Crippen LogP contribution in [0.25, 0.3) is 33.5 Å². The van der Waals surface area contributed by atoms with Crippen LogP contribution >= 0.6 is 15.9 Å². The summed E-state index contributed by atoms with van der Waals surface area (Å²) in [6, 6.07) is 19.4. The molecular formula is C32H32BrN3O2. The first kappa shape index (κ1) is 24.9. The molecule has 0 radical (unpaired) electrons. The third-order valence-corrected chi connectivity index (χ3v) is 8.53. The molecule has 3 aromatic carbocycles. The van der Waals surface area contributed by atoms with Crippen molar-refractivity contribution >= 4 is 22.0 Å². The van der Waals surface area contributed by atoms with Crippen molar-refractivity contribution in [2.75, 3.05) is 6.54 Å². The molecule has 1 atom stereocenters. The van der Waals surface area contributed by atoms with E-state index in [0.717, 1.165) is 36.3 Å². The Morgan fingerprint density at radius 3 is 2.53 bits per heavy atom. The van der Waals surface area contributed by atoms with Gasteiger partial charge in [-0.25, -0.2) is 9.78 Å². The molecule has 2 heterocycles. The zero-order valence-electron chi connectivity index (χ0n) is 22.3. The van der Waals surface area contributed by atoms with E-state index in [1.807, 2.05) is 31.9 Å². The van der Waals surface area contributed by atoms with Gasteiger partial charge in [-0.2, -0.15) is 0 Å². The molecule has 1 N–H and O–H groups in total. The Bertz CT molecular complexity index is 1550. The summed E-state index contributed by atoms with van der Waals surface area (Å²) < 4.78 is 6.85. The number of ether oxygens (including phenoxy) is 1. The van der Waals surface area contributed by atoms with Crippen molar-refractivity contribution in [3.63, 3.8) is 0 Å². The number of aryl methyl sites for hydroxylation is 1. The van der Waals surface area contributed by atoms with Crippen molar-refractivity contribution in [3.8, 4) is 33.5 Å². The summed E-state index contributed by atoms with van der Waals surface area (Å²) in [6.45, 7) is 8.54. The summed E-state index contributed by atoms with van der Waals surface area (Å²) in [5, 5.41) is 0. The number of aromatic nitrogens is 2. The first-order valence-corrected chi connectivity index (χ1v) is 14.0. The topological polar surface area (TPSA) is 58.2 Å². The van der Waals surface area contributed by atoms with E-state index in [-0.39, 0.29) is 12.1 Å². The number of aromatic amines is 1. The van der Waals surface area contributed by atoms with Crippen LogP contribution in [0.5, 0.6) is 0 Å². The molecule has 0 saturated carbocycles. The lowest BCUT2D eigenvalue weighted by atomic mass is 9.90. The van der Waals surface area contributed by atoms with Crippen LogP contribution in [0.2, 0.25) is 0 Å². The van der Waals surface area contributed by atoms with Crippen LogP contribution in [-0.4, -0.2) is 33.1 Å². The molecule has 1 aliphatic carbocycles. The van der Waals surface area contributed by atoms with Crippen LogP contribution in [0.15, 0.2) is 65.3 Å². The highest BCUT2D eigenvalue weighted by Gasteiger charge is 2.35. The number of carbonyl (C=O) groups is 1. The lowest BCUT2D eigenvalue weighted by molar-refractivity contribution is 0.0218. The normalized spacial score (nSPS) is 16.4. The van der Waals surface area contributed by atoms with Crippen molar-refractivity contribution in [1.82, 2.24) is 14.9 Å². The minimum absolute atomic E-state index is 0.112. The number of nitrogens with one attached hydrogen (secondary N) is 1. The van der Waals surface area contributed by atoms with Crippen molar-refractivity contribution in [2.45, 2.75) is 58.6 Å². The molecule has 1 saturated heterocycles. The highest BCUT2D eigenvalue weighted by molar-refractivity contribution is 9.10. The van der Waals surface area contributed by atoms with Gasteiger partial charge in [-0.15, -0.1) is 0 Å². The molecule has 2 aliphatic rings. The molecule has 5 nitrogen and oxygen atoms in total. The zero-order valence-corrected chi connectivity index (χ0v) is 23.9. The van der Waals surface area contributed by atoms with Gasteiger partial charge in [0, 0.05) is 22.1 Å². The molecular weight excluding hydrogens is 538 g/mol. The van der Waals surface area contributed by atoms with Gasteiger partial charge in [-0.05, 0) is 102 Å². The number of amides is 1. The third-order valence-electron chi connectivity index (χ3n) is 7.51. The molecule has 6 rings (SSSR count). The average Bonchev–Trinajstić information content (AvgIpc) is 3.63. The maximum atomic E-state index is 12.9. The van der Waals surface area contributed by atoms with E-state index in [1.165, 1.54) is 43.4 Å². The van der Waals surface area contributed by atoms with Crippen LogP contribution < -0.4 is 0 Å². The maximum Gasteiger partial charge on any atom is 0.410 e.